The molecule has 1 aromatic rings. The van der Waals surface area contributed by atoms with Crippen LogP contribution in [0.2, 0.25) is 10.0 Å². The maximum absolute atomic E-state index is 13.1. The molecule has 0 aliphatic rings. The van der Waals surface area contributed by atoms with Gasteiger partial charge < -0.3 is 15.5 Å². The van der Waals surface area contributed by atoms with Gasteiger partial charge in [0, 0.05) is 0 Å². The Morgan fingerprint density at radius 1 is 1.33 bits per heavy atom. The van der Waals surface area contributed by atoms with Gasteiger partial charge in [-0.1, -0.05) is 23.2 Å². The van der Waals surface area contributed by atoms with E-state index in [0.717, 1.165) is 12.1 Å². The minimum Gasteiger partial charge on any atom is -0.479 e. The van der Waals surface area contributed by atoms with Crippen LogP contribution in [0.4, 0.5) is 4.39 Å². The molecule has 5 nitrogen and oxygen atoms in total. The number of rotatable bonds is 4. The zero-order chi connectivity index (χ0) is 13.9. The summed E-state index contributed by atoms with van der Waals surface area (Å²) in [4.78, 5) is 21.9. The van der Waals surface area contributed by atoms with Crippen molar-refractivity contribution < 1.29 is 24.2 Å². The molecule has 0 aliphatic heterocycles. The summed E-state index contributed by atoms with van der Waals surface area (Å²) in [6.07, 6.45) is -1.75. The van der Waals surface area contributed by atoms with E-state index in [4.69, 9.17) is 33.4 Å². The van der Waals surface area contributed by atoms with Gasteiger partial charge in [-0.3, -0.25) is 4.79 Å². The Bertz CT molecular complexity index is 495. The lowest BCUT2D eigenvalue weighted by Gasteiger charge is -2.09. The minimum atomic E-state index is -1.75. The Morgan fingerprint density at radius 2 is 1.94 bits per heavy atom. The number of amides is 1. The summed E-state index contributed by atoms with van der Waals surface area (Å²) in [5.41, 5.74) is -0.198. The molecule has 0 saturated carbocycles. The van der Waals surface area contributed by atoms with Crippen molar-refractivity contribution in [3.8, 4) is 0 Å². The molecule has 1 amide bonds. The monoisotopic (exact) mass is 295 g/mol. The van der Waals surface area contributed by atoms with Gasteiger partial charge in [0.25, 0.3) is 5.91 Å². The SMILES string of the molecule is O=C(NC[C@H](O)C(=O)O)c1cc(F)c(Cl)cc1Cl. The van der Waals surface area contributed by atoms with Crippen LogP contribution in [0.1, 0.15) is 10.4 Å². The average molecular weight is 296 g/mol. The maximum Gasteiger partial charge on any atom is 0.334 e. The molecule has 0 radical (unpaired) electrons. The topological polar surface area (TPSA) is 86.6 Å². The number of carbonyl (C=O) groups is 2. The minimum absolute atomic E-state index is 0.0799. The molecule has 1 aromatic carbocycles. The van der Waals surface area contributed by atoms with Crippen LogP contribution >= 0.6 is 23.2 Å². The van der Waals surface area contributed by atoms with Gasteiger partial charge in [-0.15, -0.1) is 0 Å². The lowest BCUT2D eigenvalue weighted by molar-refractivity contribution is -0.146. The molecule has 0 fully saturated rings. The number of hydrogen-bond acceptors (Lipinski definition) is 3. The molecule has 98 valence electrons. The highest BCUT2D eigenvalue weighted by Gasteiger charge is 2.17. The lowest BCUT2D eigenvalue weighted by Crippen LogP contribution is -2.36. The average Bonchev–Trinajstić information content (AvgIpc) is 2.30. The molecule has 0 unspecified atom stereocenters. The predicted octanol–water partition coefficient (Wildman–Crippen LogP) is 1.31. The molecular weight excluding hydrogens is 288 g/mol. The number of hydrogen-bond donors (Lipinski definition) is 3. The van der Waals surface area contributed by atoms with Crippen molar-refractivity contribution >= 4 is 35.1 Å². The number of aliphatic hydroxyl groups is 1. The second-order valence-electron chi connectivity index (χ2n) is 3.31. The van der Waals surface area contributed by atoms with Crippen molar-refractivity contribution in [2.24, 2.45) is 0 Å². The summed E-state index contributed by atoms with van der Waals surface area (Å²) >= 11 is 11.1. The first kappa shape index (κ1) is 14.7. The van der Waals surface area contributed by atoms with Gasteiger partial charge in [0.15, 0.2) is 6.10 Å². The largest absolute Gasteiger partial charge is 0.479 e. The highest BCUT2D eigenvalue weighted by atomic mass is 35.5. The standard InChI is InChI=1S/C10H8Cl2FNO4/c11-5-2-6(12)7(13)1-4(5)9(16)14-3-8(15)10(17)18/h1-2,8,15H,3H2,(H,14,16)(H,17,18)/t8-/m0/s1. The molecule has 1 rings (SSSR count). The predicted molar refractivity (Wildman–Crippen MR) is 62.4 cm³/mol. The third-order valence-corrected chi connectivity index (χ3v) is 2.60. The van der Waals surface area contributed by atoms with Gasteiger partial charge >= 0.3 is 5.97 Å². The van der Waals surface area contributed by atoms with Gasteiger partial charge in [0.1, 0.15) is 5.82 Å². The van der Waals surface area contributed by atoms with Gasteiger partial charge in [0.05, 0.1) is 22.2 Å². The number of carbonyl (C=O) groups excluding carboxylic acids is 1. The fourth-order valence-corrected chi connectivity index (χ4v) is 1.54. The van der Waals surface area contributed by atoms with Crippen LogP contribution in [0.15, 0.2) is 12.1 Å². The fraction of sp³-hybridized carbons (Fsp3) is 0.200. The third kappa shape index (κ3) is 3.56. The molecule has 1 atom stereocenters. The summed E-state index contributed by atoms with van der Waals surface area (Å²) < 4.78 is 13.1. The molecule has 0 bridgehead atoms. The van der Waals surface area contributed by atoms with E-state index in [-0.39, 0.29) is 15.6 Å². The van der Waals surface area contributed by atoms with E-state index >= 15 is 0 Å². The van der Waals surface area contributed by atoms with Gasteiger partial charge in [-0.25, -0.2) is 9.18 Å². The molecule has 8 heteroatoms. The molecule has 0 heterocycles. The zero-order valence-electron chi connectivity index (χ0n) is 8.78. The zero-order valence-corrected chi connectivity index (χ0v) is 10.3. The van der Waals surface area contributed by atoms with Crippen molar-refractivity contribution in [2.75, 3.05) is 6.54 Å². The Balaban J connectivity index is 2.79. The molecule has 0 saturated heterocycles. The van der Waals surface area contributed by atoms with Crippen molar-refractivity contribution in [1.29, 1.82) is 0 Å². The first-order valence-corrected chi connectivity index (χ1v) is 5.42. The van der Waals surface area contributed by atoms with Crippen molar-refractivity contribution in [1.82, 2.24) is 5.32 Å². The van der Waals surface area contributed by atoms with Crippen molar-refractivity contribution in [3.63, 3.8) is 0 Å². The highest BCUT2D eigenvalue weighted by Crippen LogP contribution is 2.24. The maximum atomic E-state index is 13.1. The second-order valence-corrected chi connectivity index (χ2v) is 4.12. The number of halogens is 3. The second kappa shape index (κ2) is 5.99. The molecule has 3 N–H and O–H groups in total. The van der Waals surface area contributed by atoms with E-state index in [1.54, 1.807) is 0 Å². The third-order valence-electron chi connectivity index (χ3n) is 2.00. The summed E-state index contributed by atoms with van der Waals surface area (Å²) in [6, 6.07) is 1.88. The van der Waals surface area contributed by atoms with E-state index in [1.165, 1.54) is 0 Å². The van der Waals surface area contributed by atoms with Gasteiger partial charge in [0.2, 0.25) is 0 Å². The summed E-state index contributed by atoms with van der Waals surface area (Å²) in [6.45, 7) is -0.519. The quantitative estimate of drug-likeness (QED) is 0.731. The van der Waals surface area contributed by atoms with E-state index in [1.807, 2.05) is 0 Å². The molecular formula is C10H8Cl2FNO4. The molecule has 18 heavy (non-hydrogen) atoms. The van der Waals surface area contributed by atoms with Crippen LogP contribution < -0.4 is 5.32 Å². The van der Waals surface area contributed by atoms with Crippen LogP contribution in [0.3, 0.4) is 0 Å². The highest BCUT2D eigenvalue weighted by molar-refractivity contribution is 6.36. The van der Waals surface area contributed by atoms with E-state index in [2.05, 4.69) is 5.32 Å². The van der Waals surface area contributed by atoms with Crippen LogP contribution in [0.25, 0.3) is 0 Å². The molecule has 0 aromatic heterocycles. The van der Waals surface area contributed by atoms with Crippen LogP contribution in [-0.2, 0) is 4.79 Å². The Kier molecular flexibility index (Phi) is 4.89. The first-order valence-electron chi connectivity index (χ1n) is 4.66. The van der Waals surface area contributed by atoms with E-state index < -0.39 is 30.3 Å². The fourth-order valence-electron chi connectivity index (χ4n) is 1.07. The number of carboxylic acids is 1. The van der Waals surface area contributed by atoms with Crippen molar-refractivity contribution in [2.45, 2.75) is 6.10 Å². The molecule has 0 spiro atoms. The number of nitrogens with one attached hydrogen (secondary N) is 1. The molecule has 0 aliphatic carbocycles. The summed E-state index contributed by atoms with van der Waals surface area (Å²) in [5.74, 6) is -3.12. The van der Waals surface area contributed by atoms with Gasteiger partial charge in [-0.05, 0) is 12.1 Å². The number of aliphatic hydroxyl groups excluding tert-OH is 1. The van der Waals surface area contributed by atoms with E-state index in [9.17, 15) is 14.0 Å². The number of benzene rings is 1. The Morgan fingerprint density at radius 3 is 2.50 bits per heavy atom. The van der Waals surface area contributed by atoms with Crippen molar-refractivity contribution in [3.05, 3.63) is 33.6 Å². The van der Waals surface area contributed by atoms with Crippen LogP contribution in [-0.4, -0.2) is 34.7 Å². The Hall–Kier alpha value is -1.37. The van der Waals surface area contributed by atoms with Crippen LogP contribution in [0.5, 0.6) is 0 Å². The summed E-state index contributed by atoms with van der Waals surface area (Å²) in [5, 5.41) is 19.1. The lowest BCUT2D eigenvalue weighted by atomic mass is 10.2. The normalized spacial score (nSPS) is 12.0. The Labute approximate surface area is 111 Å². The smallest absolute Gasteiger partial charge is 0.334 e. The number of carboxylic acid groups (broad SMARTS) is 1. The van der Waals surface area contributed by atoms with Gasteiger partial charge in [-0.2, -0.15) is 0 Å². The summed E-state index contributed by atoms with van der Waals surface area (Å²) in [7, 11) is 0. The first-order chi connectivity index (χ1) is 8.32. The van der Waals surface area contributed by atoms with Crippen LogP contribution in [0, 0.1) is 5.82 Å². The van der Waals surface area contributed by atoms with E-state index in [0.29, 0.717) is 0 Å². The number of aliphatic carboxylic acids is 1.